The Labute approximate surface area is 413 Å². The van der Waals surface area contributed by atoms with E-state index in [1.165, 1.54) is 61.8 Å². The van der Waals surface area contributed by atoms with E-state index in [1.807, 2.05) is 21.1 Å². The van der Waals surface area contributed by atoms with Gasteiger partial charge in [0.05, 0.1) is 39.6 Å². The van der Waals surface area contributed by atoms with Crippen LogP contribution in [0.15, 0.2) is 12.5 Å². The van der Waals surface area contributed by atoms with Crippen LogP contribution in [-0.2, 0) is 64.0 Å². The van der Waals surface area contributed by atoms with Crippen LogP contribution in [0.5, 0.6) is 0 Å². The van der Waals surface area contributed by atoms with Crippen LogP contribution < -0.4 is 28.3 Å². The Morgan fingerprint density at radius 3 is 1.08 bits per heavy atom. The summed E-state index contributed by atoms with van der Waals surface area (Å²) in [5.74, 6) is -7.36. The van der Waals surface area contributed by atoms with Crippen molar-refractivity contribution < 1.29 is 108 Å². The fourth-order valence-corrected chi connectivity index (χ4v) is 2.29. The summed E-state index contributed by atoms with van der Waals surface area (Å²) >= 11 is 0. The number of imidazole rings is 1. The highest BCUT2D eigenvalue weighted by Crippen LogP contribution is 1.99. The van der Waals surface area contributed by atoms with Crippen molar-refractivity contribution in [1.29, 1.82) is 5.41 Å². The normalized spacial score (nSPS) is 9.66. The van der Waals surface area contributed by atoms with Gasteiger partial charge in [-0.1, -0.05) is 6.92 Å². The molecular weight excluding hydrogens is 956 g/mol. The molecule has 2 unspecified atom stereocenters. The molecule has 31 nitrogen and oxygen atoms in total. The topological polar surface area (TPSA) is 559 Å². The van der Waals surface area contributed by atoms with Gasteiger partial charge in [-0.05, 0) is 41.2 Å². The zero-order valence-electron chi connectivity index (χ0n) is 43.5. The average molecular weight is 1040 g/mol. The third-order valence-electron chi connectivity index (χ3n) is 4.24. The van der Waals surface area contributed by atoms with Gasteiger partial charge in [0.1, 0.15) is 36.8 Å². The van der Waals surface area contributed by atoms with Crippen LogP contribution in [0.4, 0.5) is 0 Å². The first-order valence-electron chi connectivity index (χ1n) is 19.7. The van der Waals surface area contributed by atoms with Crippen molar-refractivity contribution in [1.82, 2.24) is 20.2 Å². The fraction of sp³-hybridized carbons (Fsp3) is 0.600. The molecule has 0 bridgehead atoms. The van der Waals surface area contributed by atoms with Crippen molar-refractivity contribution in [2.75, 3.05) is 48.3 Å². The molecule has 20 N–H and O–H groups in total. The molecule has 0 radical (unpaired) electrons. The highest BCUT2D eigenvalue weighted by molar-refractivity contribution is 5.80. The largest absolute Gasteiger partial charge is 0.481 e. The Kier molecular flexibility index (Phi) is 76.4. The summed E-state index contributed by atoms with van der Waals surface area (Å²) in [6.45, 7) is 15.1. The number of carboxylic acid groups (broad SMARTS) is 7. The molecule has 1 aromatic rings. The first kappa shape index (κ1) is 89.9. The number of aromatic amines is 1. The lowest BCUT2D eigenvalue weighted by Gasteiger charge is -2.25. The number of guanidine groups is 1. The Bertz CT molecular complexity index is 1460. The molecule has 0 aliphatic carbocycles. The van der Waals surface area contributed by atoms with E-state index in [-0.39, 0.29) is 54.6 Å². The summed E-state index contributed by atoms with van der Waals surface area (Å²) < 4.78 is 0.578. The molecule has 0 aliphatic rings. The third kappa shape index (κ3) is 217. The Morgan fingerprint density at radius 2 is 0.958 bits per heavy atom. The maximum atomic E-state index is 10.6. The van der Waals surface area contributed by atoms with E-state index < -0.39 is 60.0 Å². The number of aliphatic hydroxyl groups excluding tert-OH is 2. The van der Waals surface area contributed by atoms with E-state index in [4.69, 9.17) is 71.5 Å². The maximum absolute atomic E-state index is 10.6. The number of nitrogens with one attached hydrogen (secondary N) is 3. The first-order valence-corrected chi connectivity index (χ1v) is 19.7. The lowest BCUT2D eigenvalue weighted by atomic mass is 10.2. The lowest BCUT2D eigenvalue weighted by molar-refractivity contribution is -0.873. The summed E-state index contributed by atoms with van der Waals surface area (Å²) in [5.41, 5.74) is 19.1. The number of amides is 3. The number of carbonyl (C=O) groups excluding carboxylic acids is 5. The second-order valence-electron chi connectivity index (χ2n) is 14.3. The minimum absolute atomic E-state index is 0.167. The number of Topliss-reactive ketones (excluding diaryl/α,β-unsaturated/α-hetero) is 2. The molecule has 418 valence electrons. The summed E-state index contributed by atoms with van der Waals surface area (Å²) in [4.78, 5) is 122. The van der Waals surface area contributed by atoms with Crippen molar-refractivity contribution in [3.8, 4) is 0 Å². The molecular formula is C40H83N10O21+. The Hall–Kier alpha value is -7.64. The van der Waals surface area contributed by atoms with E-state index in [9.17, 15) is 43.2 Å². The fourth-order valence-electron chi connectivity index (χ4n) is 2.29. The standard InChI is InChI=1S/C7H11N3O2.C7H15NO3.C4H9N3O2.C4H8O3.2C3H6O.3C2H5NO.3C2H4O2/c1-8-6(7(11)12)2-5-3-9-4-10-5;1-8(2,3)5-6(9)4-7(10)11;1-7(4(5)6)2-3(8)9;1-2-3(5)4(6)7;2*1-3(2)4;6*1-2(3)4/h3-4,6,8H,2H2,1H3,(H,9,10)(H,11,12);6,9H,4-5H2,1-3H3;2H2,1H3,(H3,5,6)(H,8,9);3,5H,2H2,1H3,(H,6,7);2*1-2H3;3*1H3,(H2,3,4);3*1H3,(H,3,4)/p+1/t6-;;;;;;;;;;;/m0.........../s1. The molecule has 0 saturated carbocycles. The van der Waals surface area contributed by atoms with Crippen molar-refractivity contribution in [3.05, 3.63) is 18.2 Å². The first-order chi connectivity index (χ1) is 31.6. The SMILES string of the molecule is CC(=O)O.CC(=O)O.CC(=O)O.CC(C)=O.CC(C)=O.CC(N)=O.CC(N)=O.CC(N)=O.CCC(O)C(=O)O.CN(CC(=O)O)C(=N)N.CN[C@@H](Cc1c[nH]cn1)C(=O)O.C[N+](C)(C)CC(O)CC(=O)O. The van der Waals surface area contributed by atoms with Gasteiger partial charge in [-0.3, -0.25) is 48.6 Å². The van der Waals surface area contributed by atoms with Crippen LogP contribution >= 0.6 is 0 Å². The second kappa shape index (κ2) is 60.4. The highest BCUT2D eigenvalue weighted by Gasteiger charge is 2.18. The van der Waals surface area contributed by atoms with Gasteiger partial charge in [-0.2, -0.15) is 0 Å². The summed E-state index contributed by atoms with van der Waals surface area (Å²) in [6.07, 6.45) is 1.80. The van der Waals surface area contributed by atoms with E-state index >= 15 is 0 Å². The molecule has 0 spiro atoms. The number of primary amides is 3. The smallest absolute Gasteiger partial charge is 0.332 e. The molecule has 3 amide bonds. The predicted molar refractivity (Wildman–Crippen MR) is 257 cm³/mol. The van der Waals surface area contributed by atoms with E-state index in [1.54, 1.807) is 20.2 Å². The minimum atomic E-state index is -1.18. The lowest BCUT2D eigenvalue weighted by Crippen LogP contribution is -2.42. The molecule has 31 heteroatoms. The second-order valence-corrected chi connectivity index (χ2v) is 14.3. The molecule has 0 fully saturated rings. The number of H-pyrrole nitrogens is 1. The van der Waals surface area contributed by atoms with Crippen LogP contribution in [-0.4, -0.2) is 209 Å². The Morgan fingerprint density at radius 1 is 0.662 bits per heavy atom. The zero-order valence-corrected chi connectivity index (χ0v) is 43.5. The molecule has 0 aromatic carbocycles. The van der Waals surface area contributed by atoms with Crippen LogP contribution in [0.25, 0.3) is 0 Å². The number of hydrogen-bond acceptors (Lipinski definition) is 17. The molecule has 0 aliphatic heterocycles. The average Bonchev–Trinajstić information content (AvgIpc) is 3.61. The molecule has 71 heavy (non-hydrogen) atoms. The van der Waals surface area contributed by atoms with Gasteiger partial charge in [0.25, 0.3) is 17.9 Å². The van der Waals surface area contributed by atoms with Gasteiger partial charge in [0.15, 0.2) is 12.1 Å². The van der Waals surface area contributed by atoms with Gasteiger partial charge < -0.3 is 98.2 Å². The van der Waals surface area contributed by atoms with E-state index in [0.717, 1.165) is 31.4 Å². The number of likely N-dealkylation sites (N-methyl/N-ethyl adjacent to an activating group) is 3. The van der Waals surface area contributed by atoms with Crippen LogP contribution in [0.1, 0.15) is 94.7 Å². The summed E-state index contributed by atoms with van der Waals surface area (Å²) in [6, 6.07) is -0.562. The van der Waals surface area contributed by atoms with Gasteiger partial charge in [-0.15, -0.1) is 0 Å². The number of aromatic nitrogens is 2. The van der Waals surface area contributed by atoms with Crippen molar-refractivity contribution in [2.24, 2.45) is 22.9 Å². The van der Waals surface area contributed by atoms with Crippen LogP contribution in [0, 0.1) is 5.41 Å². The highest BCUT2D eigenvalue weighted by atomic mass is 16.4. The summed E-state index contributed by atoms with van der Waals surface area (Å²) in [5, 5.41) is 82.2. The predicted octanol–water partition coefficient (Wildman–Crippen LogP) is -2.17. The van der Waals surface area contributed by atoms with Crippen molar-refractivity contribution >= 4 is 77.0 Å². The van der Waals surface area contributed by atoms with Gasteiger partial charge in [0, 0.05) is 61.2 Å². The van der Waals surface area contributed by atoms with Gasteiger partial charge in [0.2, 0.25) is 17.7 Å². The quantitative estimate of drug-likeness (QED) is 0.0602. The zero-order chi connectivity index (χ0) is 60.0. The molecule has 3 atom stereocenters. The van der Waals surface area contributed by atoms with Gasteiger partial charge in [-0.25, -0.2) is 9.78 Å². The monoisotopic (exact) mass is 1040 g/mol. The van der Waals surface area contributed by atoms with E-state index in [2.05, 4.69) is 32.5 Å². The minimum Gasteiger partial charge on any atom is -0.481 e. The van der Waals surface area contributed by atoms with Crippen molar-refractivity contribution in [2.45, 2.75) is 114 Å². The van der Waals surface area contributed by atoms with Crippen molar-refractivity contribution in [3.63, 3.8) is 0 Å². The maximum Gasteiger partial charge on any atom is 0.332 e. The molecule has 1 aromatic heterocycles. The third-order valence-corrected chi connectivity index (χ3v) is 4.24. The van der Waals surface area contributed by atoms with Crippen LogP contribution in [0.2, 0.25) is 0 Å². The number of aliphatic carboxylic acids is 7. The molecule has 1 rings (SSSR count). The van der Waals surface area contributed by atoms with Gasteiger partial charge >= 0.3 is 23.9 Å². The number of carboxylic acids is 7. The number of rotatable bonds is 12. The number of aliphatic hydroxyl groups is 2. The van der Waals surface area contributed by atoms with E-state index in [0.29, 0.717) is 17.4 Å². The van der Waals surface area contributed by atoms with Crippen LogP contribution in [0.3, 0.4) is 0 Å². The number of carbonyl (C=O) groups is 12. The number of quaternary nitrogens is 1. The number of ketones is 2. The number of hydrogen-bond donors (Lipinski definition) is 16. The Balaban J connectivity index is -0.0000000634. The number of nitrogens with two attached hydrogens (primary N) is 4. The molecule has 0 saturated heterocycles. The number of nitrogens with zero attached hydrogens (tertiary/aromatic N) is 3. The molecule has 1 heterocycles. The summed E-state index contributed by atoms with van der Waals surface area (Å²) in [7, 11) is 8.78.